The van der Waals surface area contributed by atoms with Crippen molar-refractivity contribution in [3.63, 3.8) is 0 Å². The van der Waals surface area contributed by atoms with E-state index in [0.29, 0.717) is 0 Å². The maximum absolute atomic E-state index is 13.1. The molecule has 0 bridgehead atoms. The summed E-state index contributed by atoms with van der Waals surface area (Å²) in [6.45, 7) is -0.377. The van der Waals surface area contributed by atoms with Gasteiger partial charge in [0.05, 0.1) is 11.0 Å². The van der Waals surface area contributed by atoms with Gasteiger partial charge in [0, 0.05) is 18.7 Å². The zero-order valence-corrected chi connectivity index (χ0v) is 19.2. The number of aryl methyl sites for hydroxylation is 2. The summed E-state index contributed by atoms with van der Waals surface area (Å²) in [5.74, 6) is -1.79. The van der Waals surface area contributed by atoms with Gasteiger partial charge in [-0.15, -0.1) is 0 Å². The predicted octanol–water partition coefficient (Wildman–Crippen LogP) is 2.21. The van der Waals surface area contributed by atoms with Gasteiger partial charge in [-0.2, -0.15) is 13.1 Å². The Hall–Kier alpha value is -3.09. The van der Waals surface area contributed by atoms with Crippen molar-refractivity contribution in [2.75, 3.05) is 18.5 Å². The van der Waals surface area contributed by atoms with Crippen molar-refractivity contribution in [3.8, 4) is 5.75 Å². The van der Waals surface area contributed by atoms with Crippen LogP contribution in [-0.2, 0) is 24.3 Å². The highest BCUT2D eigenvalue weighted by molar-refractivity contribution is 7.89. The van der Waals surface area contributed by atoms with Crippen molar-refractivity contribution in [2.45, 2.75) is 43.9 Å². The second-order valence-corrected chi connectivity index (χ2v) is 9.68. The Morgan fingerprint density at radius 1 is 1.15 bits per heavy atom. The average molecular weight is 499 g/mol. The Morgan fingerprint density at radius 3 is 2.44 bits per heavy atom. The van der Waals surface area contributed by atoms with E-state index in [9.17, 15) is 31.9 Å². The first-order valence-corrected chi connectivity index (χ1v) is 11.7. The third-order valence-electron chi connectivity index (χ3n) is 5.30. The first-order chi connectivity index (χ1) is 16.0. The van der Waals surface area contributed by atoms with Crippen LogP contribution in [0.1, 0.15) is 17.5 Å². The van der Waals surface area contributed by atoms with Crippen LogP contribution in [0.3, 0.4) is 0 Å². The molecule has 0 saturated carbocycles. The number of benzene rings is 2. The number of anilines is 1. The molecule has 2 N–H and O–H groups in total. The highest BCUT2D eigenvalue weighted by Gasteiger charge is 2.44. The molecule has 2 aromatic carbocycles. The normalized spacial score (nSPS) is 18.6. The Kier molecular flexibility index (Phi) is 7.85. The lowest BCUT2D eigenvalue weighted by Crippen LogP contribution is -2.42. The largest absolute Gasteiger partial charge is 0.454 e. The van der Waals surface area contributed by atoms with E-state index in [2.05, 4.69) is 10.1 Å². The van der Waals surface area contributed by atoms with Gasteiger partial charge < -0.3 is 19.9 Å². The number of ether oxygens (including phenoxy) is 2. The molecule has 1 fully saturated rings. The monoisotopic (exact) mass is 498 g/mol. The van der Waals surface area contributed by atoms with Gasteiger partial charge in [-0.05, 0) is 61.4 Å². The Bertz CT molecular complexity index is 1160. The van der Waals surface area contributed by atoms with Crippen LogP contribution in [-0.4, -0.2) is 61.6 Å². The number of carbonyl (C=O) groups is 2. The molecule has 2 unspecified atom stereocenters. The fourth-order valence-corrected chi connectivity index (χ4v) is 5.14. The van der Waals surface area contributed by atoms with Crippen molar-refractivity contribution in [1.29, 1.82) is 0 Å². The topological polar surface area (TPSA) is 122 Å². The summed E-state index contributed by atoms with van der Waals surface area (Å²) in [5.41, 5.74) is 1.90. The van der Waals surface area contributed by atoms with Crippen molar-refractivity contribution in [3.05, 3.63) is 53.6 Å². The number of nitrogens with one attached hydrogen (secondary N) is 1. The quantitative estimate of drug-likeness (QED) is 0.535. The molecule has 0 aliphatic carbocycles. The van der Waals surface area contributed by atoms with Crippen molar-refractivity contribution in [1.82, 2.24) is 4.31 Å². The van der Waals surface area contributed by atoms with Crippen LogP contribution in [0.2, 0.25) is 0 Å². The van der Waals surface area contributed by atoms with Crippen molar-refractivity contribution >= 4 is 27.6 Å². The summed E-state index contributed by atoms with van der Waals surface area (Å²) in [6.07, 6.45) is -1.24. The number of alkyl halides is 2. The molecule has 1 saturated heterocycles. The number of sulfonamides is 1. The summed E-state index contributed by atoms with van der Waals surface area (Å²) >= 11 is 0. The van der Waals surface area contributed by atoms with Gasteiger partial charge in [-0.25, -0.2) is 8.42 Å². The molecular formula is C22H24F2N2O7S. The molecule has 1 amide bonds. The molecule has 9 nitrogen and oxygen atoms in total. The number of β-amino-alcohol motifs (C(OH)–C–C–N with tert-alkyl or cyclic N) is 1. The highest BCUT2D eigenvalue weighted by Crippen LogP contribution is 2.28. The fourth-order valence-electron chi connectivity index (χ4n) is 3.42. The predicted molar refractivity (Wildman–Crippen MR) is 117 cm³/mol. The molecule has 1 aliphatic rings. The molecule has 34 heavy (non-hydrogen) atoms. The third kappa shape index (κ3) is 6.07. The maximum atomic E-state index is 13.1. The number of amides is 1. The first kappa shape index (κ1) is 25.5. The number of nitrogens with zero attached hydrogens (tertiary/aromatic N) is 1. The van der Waals surface area contributed by atoms with Gasteiger partial charge in [0.15, 0.2) is 6.61 Å². The van der Waals surface area contributed by atoms with Crippen LogP contribution >= 0.6 is 0 Å². The summed E-state index contributed by atoms with van der Waals surface area (Å²) in [5, 5.41) is 12.4. The summed E-state index contributed by atoms with van der Waals surface area (Å²) in [7, 11) is -4.10. The molecule has 2 aromatic rings. The van der Waals surface area contributed by atoms with Crippen LogP contribution in [0.4, 0.5) is 14.5 Å². The van der Waals surface area contributed by atoms with Gasteiger partial charge in [0.1, 0.15) is 11.8 Å². The molecule has 3 rings (SSSR count). The minimum Gasteiger partial charge on any atom is -0.454 e. The smallest absolute Gasteiger partial charge is 0.387 e. The number of hydrogen-bond donors (Lipinski definition) is 2. The second-order valence-electron chi connectivity index (χ2n) is 7.78. The molecule has 0 spiro atoms. The molecule has 0 radical (unpaired) electrons. The van der Waals surface area contributed by atoms with E-state index in [4.69, 9.17) is 4.74 Å². The SMILES string of the molecule is Cc1ccc(S(=O)(=O)N2CC(O)CC2C(=O)OCC(=O)Nc2ccc(OC(F)F)cc2)cc1C. The van der Waals surface area contributed by atoms with Gasteiger partial charge in [0.25, 0.3) is 5.91 Å². The zero-order chi connectivity index (χ0) is 25.0. The molecule has 1 aliphatic heterocycles. The van der Waals surface area contributed by atoms with Crippen LogP contribution < -0.4 is 10.1 Å². The van der Waals surface area contributed by atoms with E-state index in [0.717, 1.165) is 15.4 Å². The number of aliphatic hydroxyl groups is 1. The standard InChI is InChI=1S/C22H24F2N2O7S/c1-13-3-8-18(9-14(13)2)34(30,31)26-11-16(27)10-19(26)21(29)32-12-20(28)25-15-4-6-17(7-5-15)33-22(23)24/h3-9,16,19,22,27H,10-12H2,1-2H3,(H,25,28). The number of halogens is 2. The van der Waals surface area contributed by atoms with Gasteiger partial charge >= 0.3 is 12.6 Å². The number of rotatable bonds is 8. The van der Waals surface area contributed by atoms with E-state index >= 15 is 0 Å². The van der Waals surface area contributed by atoms with Gasteiger partial charge in [0.2, 0.25) is 10.0 Å². The molecule has 12 heteroatoms. The van der Waals surface area contributed by atoms with E-state index in [1.807, 2.05) is 6.92 Å². The van der Waals surface area contributed by atoms with Crippen LogP contribution in [0.25, 0.3) is 0 Å². The fraction of sp³-hybridized carbons (Fsp3) is 0.364. The van der Waals surface area contributed by atoms with Gasteiger partial charge in [-0.1, -0.05) is 6.07 Å². The number of carbonyl (C=O) groups excluding carboxylic acids is 2. The summed E-state index contributed by atoms with van der Waals surface area (Å²) in [6, 6.07) is 8.37. The molecular weight excluding hydrogens is 474 g/mol. The Morgan fingerprint density at radius 2 is 1.82 bits per heavy atom. The van der Waals surface area contributed by atoms with Crippen LogP contribution in [0.5, 0.6) is 5.75 Å². The maximum Gasteiger partial charge on any atom is 0.387 e. The summed E-state index contributed by atoms with van der Waals surface area (Å²) in [4.78, 5) is 24.7. The Labute approximate surface area is 195 Å². The van der Waals surface area contributed by atoms with Crippen molar-refractivity contribution in [2.24, 2.45) is 0 Å². The van der Waals surface area contributed by atoms with Crippen molar-refractivity contribution < 1.29 is 41.4 Å². The van der Waals surface area contributed by atoms with E-state index < -0.39 is 47.3 Å². The lowest BCUT2D eigenvalue weighted by Gasteiger charge is -2.22. The molecule has 2 atom stereocenters. The minimum atomic E-state index is -4.10. The highest BCUT2D eigenvalue weighted by atomic mass is 32.2. The number of aliphatic hydroxyl groups excluding tert-OH is 1. The van der Waals surface area contributed by atoms with E-state index in [1.165, 1.54) is 36.4 Å². The van der Waals surface area contributed by atoms with Gasteiger partial charge in [-0.3, -0.25) is 9.59 Å². The lowest BCUT2D eigenvalue weighted by atomic mass is 10.1. The minimum absolute atomic E-state index is 0.0143. The first-order valence-electron chi connectivity index (χ1n) is 10.3. The summed E-state index contributed by atoms with van der Waals surface area (Å²) < 4.78 is 60.7. The zero-order valence-electron chi connectivity index (χ0n) is 18.4. The van der Waals surface area contributed by atoms with Crippen LogP contribution in [0.15, 0.2) is 47.4 Å². The van der Waals surface area contributed by atoms with Crippen LogP contribution in [0, 0.1) is 13.8 Å². The second kappa shape index (κ2) is 10.5. The molecule has 1 heterocycles. The third-order valence-corrected chi connectivity index (χ3v) is 7.17. The number of esters is 1. The molecule has 0 aromatic heterocycles. The number of hydrogen-bond acceptors (Lipinski definition) is 7. The van der Waals surface area contributed by atoms with E-state index in [1.54, 1.807) is 13.0 Å². The lowest BCUT2D eigenvalue weighted by molar-refractivity contribution is -0.150. The molecule has 184 valence electrons. The average Bonchev–Trinajstić information content (AvgIpc) is 3.17. The Balaban J connectivity index is 1.62. The van der Waals surface area contributed by atoms with E-state index in [-0.39, 0.29) is 29.3 Å².